The molecule has 3 rings (SSSR count). The van der Waals surface area contributed by atoms with E-state index in [-0.39, 0.29) is 18.3 Å². The maximum absolute atomic E-state index is 12.4. The van der Waals surface area contributed by atoms with Crippen molar-refractivity contribution in [1.29, 1.82) is 0 Å². The number of amides is 1. The number of nitrogens with zero attached hydrogens (tertiary/aromatic N) is 1. The van der Waals surface area contributed by atoms with Gasteiger partial charge in [0.2, 0.25) is 5.88 Å². The minimum atomic E-state index is -0.314. The lowest BCUT2D eigenvalue weighted by Gasteiger charge is -2.08. The Hall–Kier alpha value is -3.67. The largest absolute Gasteiger partial charge is 0.484 e. The molecule has 1 N–H and O–H groups in total. The topological polar surface area (TPSA) is 77.5 Å². The Kier molecular flexibility index (Phi) is 5.79. The van der Waals surface area contributed by atoms with Crippen molar-refractivity contribution in [3.05, 3.63) is 84.1 Å². The van der Waals surface area contributed by atoms with Crippen LogP contribution in [0.25, 0.3) is 0 Å². The lowest BCUT2D eigenvalue weighted by molar-refractivity contribution is -0.118. The van der Waals surface area contributed by atoms with Crippen molar-refractivity contribution >= 4 is 17.4 Å². The predicted octanol–water partition coefficient (Wildman–Crippen LogP) is 3.34. The third-order valence-corrected chi connectivity index (χ3v) is 3.75. The fraction of sp³-hybridized carbons (Fsp3) is 0.0952. The molecule has 0 saturated carbocycles. The molecule has 0 radical (unpaired) electrons. The van der Waals surface area contributed by atoms with E-state index in [1.54, 1.807) is 48.5 Å². The van der Waals surface area contributed by atoms with E-state index in [2.05, 4.69) is 10.3 Å². The fourth-order valence-corrected chi connectivity index (χ4v) is 2.38. The van der Waals surface area contributed by atoms with Crippen LogP contribution in [-0.4, -0.2) is 30.4 Å². The molecule has 1 amide bonds. The normalized spacial score (nSPS) is 10.1. The molecular weight excluding hydrogens is 344 g/mol. The number of hydrogen-bond acceptors (Lipinski definition) is 5. The van der Waals surface area contributed by atoms with Crippen LogP contribution >= 0.6 is 0 Å². The molecule has 2 aromatic carbocycles. The van der Waals surface area contributed by atoms with Crippen LogP contribution in [-0.2, 0) is 4.79 Å². The van der Waals surface area contributed by atoms with Crippen LogP contribution in [0.1, 0.15) is 15.9 Å². The molecule has 3 aromatic rings. The molecular formula is C21H18N2O4. The number of hydrogen-bond donors (Lipinski definition) is 1. The number of rotatable bonds is 7. The van der Waals surface area contributed by atoms with Gasteiger partial charge in [-0.3, -0.25) is 9.59 Å². The summed E-state index contributed by atoms with van der Waals surface area (Å²) in [7, 11) is 1.52. The van der Waals surface area contributed by atoms with Crippen molar-refractivity contribution in [2.75, 3.05) is 19.0 Å². The third kappa shape index (κ3) is 4.92. The number of pyridine rings is 1. The second-order valence-corrected chi connectivity index (χ2v) is 5.65. The number of carbonyl (C=O) groups excluding carboxylic acids is 2. The summed E-state index contributed by atoms with van der Waals surface area (Å²) >= 11 is 0. The van der Waals surface area contributed by atoms with Crippen molar-refractivity contribution in [1.82, 2.24) is 4.98 Å². The molecule has 0 aliphatic heterocycles. The molecule has 0 bridgehead atoms. The number of anilines is 1. The number of carbonyl (C=O) groups is 2. The molecule has 136 valence electrons. The van der Waals surface area contributed by atoms with E-state index in [1.807, 2.05) is 18.2 Å². The van der Waals surface area contributed by atoms with Gasteiger partial charge >= 0.3 is 0 Å². The number of ether oxygens (including phenoxy) is 2. The molecule has 0 fully saturated rings. The number of methoxy groups -OCH3 is 1. The highest BCUT2D eigenvalue weighted by Crippen LogP contribution is 2.16. The first-order valence-corrected chi connectivity index (χ1v) is 8.28. The number of nitrogens with one attached hydrogen (secondary N) is 1. The Bertz CT molecular complexity index is 907. The van der Waals surface area contributed by atoms with Crippen LogP contribution in [0, 0.1) is 0 Å². The minimum Gasteiger partial charge on any atom is -0.484 e. The first kappa shape index (κ1) is 18.1. The second kappa shape index (κ2) is 8.62. The van der Waals surface area contributed by atoms with E-state index in [1.165, 1.54) is 13.3 Å². The van der Waals surface area contributed by atoms with E-state index in [0.717, 1.165) is 0 Å². The monoisotopic (exact) mass is 362 g/mol. The van der Waals surface area contributed by atoms with Crippen molar-refractivity contribution in [3.63, 3.8) is 0 Å². The predicted molar refractivity (Wildman–Crippen MR) is 101 cm³/mol. The number of ketones is 1. The van der Waals surface area contributed by atoms with Gasteiger partial charge in [0.25, 0.3) is 5.91 Å². The highest BCUT2D eigenvalue weighted by atomic mass is 16.5. The first-order chi connectivity index (χ1) is 13.2. The molecule has 1 heterocycles. The molecule has 1 aromatic heterocycles. The summed E-state index contributed by atoms with van der Waals surface area (Å²) in [5, 5.41) is 2.68. The summed E-state index contributed by atoms with van der Waals surface area (Å²) in [5.41, 5.74) is 1.73. The van der Waals surface area contributed by atoms with Gasteiger partial charge in [0.1, 0.15) is 5.75 Å². The summed E-state index contributed by atoms with van der Waals surface area (Å²) in [4.78, 5) is 28.3. The van der Waals surface area contributed by atoms with Gasteiger partial charge in [-0.1, -0.05) is 30.3 Å². The van der Waals surface area contributed by atoms with Gasteiger partial charge in [0.05, 0.1) is 19.0 Å². The summed E-state index contributed by atoms with van der Waals surface area (Å²) in [6.45, 7) is -0.155. The Morgan fingerprint density at radius 3 is 2.26 bits per heavy atom. The fourth-order valence-electron chi connectivity index (χ4n) is 2.38. The summed E-state index contributed by atoms with van der Waals surface area (Å²) in [6, 6.07) is 19.1. The lowest BCUT2D eigenvalue weighted by atomic mass is 10.0. The SMILES string of the molecule is COc1ccc(NC(=O)COc2ccc(C(=O)c3ccccc3)cc2)cn1. The van der Waals surface area contributed by atoms with Gasteiger partial charge < -0.3 is 14.8 Å². The van der Waals surface area contributed by atoms with Gasteiger partial charge in [-0.15, -0.1) is 0 Å². The van der Waals surface area contributed by atoms with Crippen LogP contribution in [0.3, 0.4) is 0 Å². The highest BCUT2D eigenvalue weighted by Gasteiger charge is 2.09. The van der Waals surface area contributed by atoms with Crippen LogP contribution in [0.5, 0.6) is 11.6 Å². The zero-order valence-corrected chi connectivity index (χ0v) is 14.7. The van der Waals surface area contributed by atoms with E-state index in [0.29, 0.717) is 28.4 Å². The van der Waals surface area contributed by atoms with Crippen LogP contribution in [0.2, 0.25) is 0 Å². The molecule has 0 spiro atoms. The maximum atomic E-state index is 12.4. The minimum absolute atomic E-state index is 0.0631. The maximum Gasteiger partial charge on any atom is 0.262 e. The molecule has 0 saturated heterocycles. The number of benzene rings is 2. The zero-order valence-electron chi connectivity index (χ0n) is 14.7. The summed E-state index contributed by atoms with van der Waals surface area (Å²) < 4.78 is 10.4. The summed E-state index contributed by atoms with van der Waals surface area (Å²) in [6.07, 6.45) is 1.50. The van der Waals surface area contributed by atoms with E-state index in [9.17, 15) is 9.59 Å². The standard InChI is InChI=1S/C21H18N2O4/c1-26-20-12-9-17(13-22-20)23-19(24)14-27-18-10-7-16(8-11-18)21(25)15-5-3-2-4-6-15/h2-13H,14H2,1H3,(H,23,24). The lowest BCUT2D eigenvalue weighted by Crippen LogP contribution is -2.20. The smallest absolute Gasteiger partial charge is 0.262 e. The molecule has 27 heavy (non-hydrogen) atoms. The Morgan fingerprint density at radius 1 is 0.926 bits per heavy atom. The van der Waals surface area contributed by atoms with Gasteiger partial charge in [0.15, 0.2) is 12.4 Å². The Morgan fingerprint density at radius 2 is 1.63 bits per heavy atom. The second-order valence-electron chi connectivity index (χ2n) is 5.65. The van der Waals surface area contributed by atoms with Crippen molar-refractivity contribution in [2.45, 2.75) is 0 Å². The molecule has 0 atom stereocenters. The molecule has 6 nitrogen and oxygen atoms in total. The Labute approximate surface area is 156 Å². The quantitative estimate of drug-likeness (QED) is 0.652. The van der Waals surface area contributed by atoms with Crippen LogP contribution in [0.4, 0.5) is 5.69 Å². The van der Waals surface area contributed by atoms with Crippen molar-refractivity contribution in [2.24, 2.45) is 0 Å². The van der Waals surface area contributed by atoms with Gasteiger partial charge in [-0.25, -0.2) is 4.98 Å². The summed E-state index contributed by atoms with van der Waals surface area (Å²) in [5.74, 6) is 0.593. The van der Waals surface area contributed by atoms with E-state index in [4.69, 9.17) is 9.47 Å². The molecule has 0 unspecified atom stereocenters. The zero-order chi connectivity index (χ0) is 19.1. The highest BCUT2D eigenvalue weighted by molar-refractivity contribution is 6.09. The molecule has 0 aliphatic carbocycles. The molecule has 6 heteroatoms. The van der Waals surface area contributed by atoms with Gasteiger partial charge in [-0.2, -0.15) is 0 Å². The third-order valence-electron chi connectivity index (χ3n) is 3.75. The first-order valence-electron chi connectivity index (χ1n) is 8.28. The van der Waals surface area contributed by atoms with E-state index < -0.39 is 0 Å². The average Bonchev–Trinajstić information content (AvgIpc) is 2.73. The number of aromatic nitrogens is 1. The molecule has 0 aliphatic rings. The van der Waals surface area contributed by atoms with Crippen LogP contribution < -0.4 is 14.8 Å². The Balaban J connectivity index is 1.53. The average molecular weight is 362 g/mol. The van der Waals surface area contributed by atoms with E-state index >= 15 is 0 Å². The van der Waals surface area contributed by atoms with Crippen LogP contribution in [0.15, 0.2) is 72.9 Å². The van der Waals surface area contributed by atoms with Gasteiger partial charge in [0, 0.05) is 17.2 Å². The van der Waals surface area contributed by atoms with Gasteiger partial charge in [-0.05, 0) is 30.3 Å². The van der Waals surface area contributed by atoms with Crippen molar-refractivity contribution in [3.8, 4) is 11.6 Å². The van der Waals surface area contributed by atoms with Crippen molar-refractivity contribution < 1.29 is 19.1 Å².